The van der Waals surface area contributed by atoms with Gasteiger partial charge in [-0.1, -0.05) is 47.5 Å². The molecule has 11 heteroatoms. The molecule has 2 atom stereocenters. The van der Waals surface area contributed by atoms with Gasteiger partial charge in [0.25, 0.3) is 0 Å². The molecule has 0 spiro atoms. The molecular formula is C23H28Cl2N4O3S2. The number of amides is 1. The van der Waals surface area contributed by atoms with Crippen molar-refractivity contribution in [1.29, 1.82) is 0 Å². The van der Waals surface area contributed by atoms with Crippen molar-refractivity contribution in [3.05, 3.63) is 64.1 Å². The Morgan fingerprint density at radius 2 is 1.91 bits per heavy atom. The van der Waals surface area contributed by atoms with Gasteiger partial charge < -0.3 is 16.0 Å². The van der Waals surface area contributed by atoms with Crippen molar-refractivity contribution in [2.45, 2.75) is 31.5 Å². The van der Waals surface area contributed by atoms with Gasteiger partial charge in [-0.2, -0.15) is 0 Å². The van der Waals surface area contributed by atoms with Gasteiger partial charge in [0.1, 0.15) is 15.9 Å². The first-order valence-electron chi connectivity index (χ1n) is 10.9. The number of benzene rings is 2. The number of thiocarbonyl (C=S) groups is 1. The second kappa shape index (κ2) is 12.2. The minimum atomic E-state index is -3.24. The highest BCUT2D eigenvalue weighted by Crippen LogP contribution is 2.24. The lowest BCUT2D eigenvalue weighted by Gasteiger charge is -2.23. The van der Waals surface area contributed by atoms with Gasteiger partial charge in [-0.05, 0) is 54.9 Å². The Balaban J connectivity index is 1.57. The van der Waals surface area contributed by atoms with Crippen molar-refractivity contribution in [2.75, 3.05) is 30.4 Å². The van der Waals surface area contributed by atoms with Gasteiger partial charge in [-0.3, -0.25) is 9.69 Å². The zero-order chi connectivity index (χ0) is 24.7. The molecule has 2 aromatic carbocycles. The number of para-hydroxylation sites is 1. The molecule has 0 radical (unpaired) electrons. The van der Waals surface area contributed by atoms with E-state index in [9.17, 15) is 13.2 Å². The maximum Gasteiger partial charge on any atom is 0.242 e. The zero-order valence-electron chi connectivity index (χ0n) is 18.8. The molecule has 34 heavy (non-hydrogen) atoms. The van der Waals surface area contributed by atoms with E-state index in [1.54, 1.807) is 6.07 Å². The first-order chi connectivity index (χ1) is 16.1. The third kappa shape index (κ3) is 8.70. The molecule has 1 heterocycles. The van der Waals surface area contributed by atoms with Gasteiger partial charge in [0.15, 0.2) is 5.11 Å². The number of anilines is 1. The van der Waals surface area contributed by atoms with Crippen LogP contribution >= 0.6 is 35.4 Å². The second-order valence-electron chi connectivity index (χ2n) is 8.41. The van der Waals surface area contributed by atoms with Crippen LogP contribution < -0.4 is 16.0 Å². The Morgan fingerprint density at radius 3 is 2.59 bits per heavy atom. The van der Waals surface area contributed by atoms with E-state index in [1.807, 2.05) is 42.5 Å². The van der Waals surface area contributed by atoms with E-state index in [0.717, 1.165) is 30.5 Å². The first-order valence-corrected chi connectivity index (χ1v) is 14.1. The second-order valence-corrected chi connectivity index (χ2v) is 11.9. The van der Waals surface area contributed by atoms with Crippen LogP contribution in [0.15, 0.2) is 48.5 Å². The molecule has 7 nitrogen and oxygen atoms in total. The predicted molar refractivity (Wildman–Crippen MR) is 142 cm³/mol. The monoisotopic (exact) mass is 542 g/mol. The van der Waals surface area contributed by atoms with Crippen molar-refractivity contribution in [1.82, 2.24) is 15.5 Å². The van der Waals surface area contributed by atoms with Gasteiger partial charge in [0, 0.05) is 37.6 Å². The fraction of sp³-hybridized carbons (Fsp3) is 0.391. The minimum absolute atomic E-state index is 0.0477. The molecule has 184 valence electrons. The summed E-state index contributed by atoms with van der Waals surface area (Å²) in [6.07, 6.45) is 2.06. The molecule has 1 aliphatic heterocycles. The molecule has 1 saturated heterocycles. The summed E-state index contributed by atoms with van der Waals surface area (Å²) in [5.74, 6) is -0.401. The summed E-state index contributed by atoms with van der Waals surface area (Å²) < 4.78 is 23.4. The molecule has 0 aromatic heterocycles. The number of likely N-dealkylation sites (tertiary alicyclic amines) is 1. The molecular weight excluding hydrogens is 515 g/mol. The number of hydrogen-bond donors (Lipinski definition) is 3. The van der Waals surface area contributed by atoms with E-state index in [0.29, 0.717) is 23.1 Å². The van der Waals surface area contributed by atoms with Crippen molar-refractivity contribution in [2.24, 2.45) is 0 Å². The lowest BCUT2D eigenvalue weighted by atomic mass is 10.2. The fourth-order valence-corrected chi connectivity index (χ4v) is 4.98. The zero-order valence-corrected chi connectivity index (χ0v) is 21.9. The first kappa shape index (κ1) is 26.7. The summed E-state index contributed by atoms with van der Waals surface area (Å²) in [6, 6.07) is 14.0. The van der Waals surface area contributed by atoms with Crippen LogP contribution in [0.1, 0.15) is 18.4 Å². The Morgan fingerprint density at radius 1 is 1.18 bits per heavy atom. The lowest BCUT2D eigenvalue weighted by molar-refractivity contribution is -0.123. The number of carbonyl (C=O) groups excluding carboxylic acids is 1. The van der Waals surface area contributed by atoms with Crippen LogP contribution in [0, 0.1) is 0 Å². The molecule has 0 unspecified atom stereocenters. The average molecular weight is 544 g/mol. The van der Waals surface area contributed by atoms with Gasteiger partial charge in [-0.15, -0.1) is 0 Å². The summed E-state index contributed by atoms with van der Waals surface area (Å²) in [7, 11) is -3.24. The quantitative estimate of drug-likeness (QED) is 0.418. The number of nitrogens with one attached hydrogen (secondary N) is 3. The fourth-order valence-electron chi connectivity index (χ4n) is 3.74. The molecule has 2 aromatic rings. The van der Waals surface area contributed by atoms with E-state index in [-0.39, 0.29) is 29.2 Å². The normalized spacial score (nSPS) is 17.2. The molecule has 3 N–H and O–H groups in total. The van der Waals surface area contributed by atoms with Gasteiger partial charge >= 0.3 is 0 Å². The van der Waals surface area contributed by atoms with E-state index in [1.165, 1.54) is 0 Å². The predicted octanol–water partition coefficient (Wildman–Crippen LogP) is 3.47. The topological polar surface area (TPSA) is 90.5 Å². The third-order valence-corrected chi connectivity index (χ3v) is 7.38. The molecule has 1 amide bonds. The summed E-state index contributed by atoms with van der Waals surface area (Å²) in [6.45, 7) is 2.20. The highest BCUT2D eigenvalue weighted by molar-refractivity contribution is 7.90. The summed E-state index contributed by atoms with van der Waals surface area (Å²) in [5, 5.41) is 10.3. The van der Waals surface area contributed by atoms with Crippen molar-refractivity contribution in [3.63, 3.8) is 0 Å². The van der Waals surface area contributed by atoms with Crippen molar-refractivity contribution >= 4 is 62.0 Å². The molecule has 0 bridgehead atoms. The van der Waals surface area contributed by atoms with Crippen LogP contribution in [0.2, 0.25) is 10.0 Å². The molecule has 1 aliphatic rings. The van der Waals surface area contributed by atoms with Gasteiger partial charge in [0.05, 0.1) is 15.8 Å². The Labute approximate surface area is 216 Å². The lowest BCUT2D eigenvalue weighted by Crippen LogP contribution is -2.51. The smallest absolute Gasteiger partial charge is 0.242 e. The highest BCUT2D eigenvalue weighted by Gasteiger charge is 2.28. The Bertz CT molecular complexity index is 1120. The SMILES string of the molecule is CS(=O)(=O)CC[C@H](NC(=S)Nc1ccccc1)C(=O)N[C@@H]1CCN(Cc2ccc(Cl)c(Cl)c2)C1. The number of rotatable bonds is 9. The van der Waals surface area contributed by atoms with Crippen LogP contribution in [-0.2, 0) is 21.2 Å². The molecule has 1 fully saturated rings. The standard InChI is InChI=1S/C23H28Cl2N4O3S2/c1-34(31,32)12-10-21(28-23(33)27-17-5-3-2-4-6-17)22(30)26-18-9-11-29(15-18)14-16-7-8-19(24)20(25)13-16/h2-8,13,18,21H,9-12,14-15H2,1H3,(H,26,30)(H2,27,28,33)/t18-,21+/m1/s1. The van der Waals surface area contributed by atoms with Crippen molar-refractivity contribution in [3.8, 4) is 0 Å². The third-order valence-electron chi connectivity index (χ3n) is 5.44. The number of halogens is 2. The van der Waals surface area contributed by atoms with Crippen LogP contribution in [0.5, 0.6) is 0 Å². The largest absolute Gasteiger partial charge is 0.351 e. The number of sulfone groups is 1. The average Bonchev–Trinajstić information content (AvgIpc) is 3.20. The summed E-state index contributed by atoms with van der Waals surface area (Å²) in [5.41, 5.74) is 1.82. The van der Waals surface area contributed by atoms with Crippen LogP contribution in [0.25, 0.3) is 0 Å². The highest BCUT2D eigenvalue weighted by atomic mass is 35.5. The van der Waals surface area contributed by atoms with Crippen molar-refractivity contribution < 1.29 is 13.2 Å². The van der Waals surface area contributed by atoms with E-state index >= 15 is 0 Å². The maximum atomic E-state index is 13.0. The number of nitrogens with zero attached hydrogens (tertiary/aromatic N) is 1. The Kier molecular flexibility index (Phi) is 9.56. The van der Waals surface area contributed by atoms with Crippen LogP contribution in [0.3, 0.4) is 0 Å². The number of carbonyl (C=O) groups is 1. The van der Waals surface area contributed by atoms with Crippen LogP contribution in [-0.4, -0.2) is 61.5 Å². The Hall–Kier alpha value is -1.91. The van der Waals surface area contributed by atoms with E-state index in [4.69, 9.17) is 35.4 Å². The van der Waals surface area contributed by atoms with Gasteiger partial charge in [-0.25, -0.2) is 8.42 Å². The molecule has 3 rings (SSSR count). The minimum Gasteiger partial charge on any atom is -0.351 e. The van der Waals surface area contributed by atoms with Crippen LogP contribution in [0.4, 0.5) is 5.69 Å². The number of hydrogen-bond acceptors (Lipinski definition) is 5. The van der Waals surface area contributed by atoms with E-state index in [2.05, 4.69) is 20.9 Å². The van der Waals surface area contributed by atoms with Gasteiger partial charge in [0.2, 0.25) is 5.91 Å². The summed E-state index contributed by atoms with van der Waals surface area (Å²) in [4.78, 5) is 15.3. The summed E-state index contributed by atoms with van der Waals surface area (Å²) >= 11 is 17.5. The molecule has 0 aliphatic carbocycles. The van der Waals surface area contributed by atoms with E-state index < -0.39 is 15.9 Å². The maximum absolute atomic E-state index is 13.0. The molecule has 0 saturated carbocycles.